The highest BCUT2D eigenvalue weighted by atomic mass is 19.3. The molecule has 118 valence electrons. The minimum absolute atomic E-state index is 0.0582. The van der Waals surface area contributed by atoms with Crippen molar-refractivity contribution in [1.29, 1.82) is 0 Å². The normalized spacial score (nSPS) is 27.9. The molecule has 0 amide bonds. The molecule has 1 saturated heterocycles. The Morgan fingerprint density at radius 3 is 2.81 bits per heavy atom. The second kappa shape index (κ2) is 6.04. The summed E-state index contributed by atoms with van der Waals surface area (Å²) in [6.45, 7) is -0.490. The van der Waals surface area contributed by atoms with Gasteiger partial charge in [-0.15, -0.1) is 0 Å². The van der Waals surface area contributed by atoms with E-state index in [1.54, 1.807) is 0 Å². The van der Waals surface area contributed by atoms with Gasteiger partial charge in [-0.2, -0.15) is 4.98 Å². The van der Waals surface area contributed by atoms with Crippen LogP contribution in [0.5, 0.6) is 0 Å². The average Bonchev–Trinajstić information content (AvgIpc) is 2.64. The van der Waals surface area contributed by atoms with Gasteiger partial charge in [0.15, 0.2) is 0 Å². The second-order valence-corrected chi connectivity index (χ2v) is 4.94. The highest BCUT2D eigenvalue weighted by Gasteiger charge is 2.57. The lowest BCUT2D eigenvalue weighted by atomic mass is 10.0. The lowest BCUT2D eigenvalue weighted by molar-refractivity contribution is -0.114. The molecule has 2 unspecified atom stereocenters. The van der Waals surface area contributed by atoms with E-state index >= 15 is 0 Å². The molecule has 1 fully saturated rings. The first kappa shape index (κ1) is 15.8. The Hall–Kier alpha value is -1.58. The van der Waals surface area contributed by atoms with Crippen molar-refractivity contribution >= 4 is 5.82 Å². The third kappa shape index (κ3) is 3.20. The van der Waals surface area contributed by atoms with Gasteiger partial charge in [-0.25, -0.2) is 13.6 Å². The van der Waals surface area contributed by atoms with Gasteiger partial charge < -0.3 is 20.7 Å². The quantitative estimate of drug-likeness (QED) is 0.667. The average molecular weight is 305 g/mol. The molecule has 0 aliphatic carbocycles. The van der Waals surface area contributed by atoms with E-state index in [4.69, 9.17) is 15.6 Å². The van der Waals surface area contributed by atoms with E-state index in [1.807, 2.05) is 0 Å². The number of ether oxygens (including phenoxy) is 1. The zero-order valence-corrected chi connectivity index (χ0v) is 11.2. The van der Waals surface area contributed by atoms with Crippen LogP contribution in [0.2, 0.25) is 0 Å². The number of aliphatic hydroxyl groups is 2. The van der Waals surface area contributed by atoms with Crippen LogP contribution in [0.4, 0.5) is 14.6 Å². The van der Waals surface area contributed by atoms with Gasteiger partial charge in [0.2, 0.25) is 0 Å². The fourth-order valence-electron chi connectivity index (χ4n) is 2.28. The summed E-state index contributed by atoms with van der Waals surface area (Å²) in [6, 6.07) is 1.44. The zero-order valence-electron chi connectivity index (χ0n) is 11.2. The number of aromatic nitrogens is 2. The molecule has 1 aromatic heterocycles. The maximum atomic E-state index is 13.7. The van der Waals surface area contributed by atoms with Crippen LogP contribution < -0.4 is 11.4 Å². The Balaban J connectivity index is 1.93. The largest absolute Gasteiger partial charge is 0.394 e. The third-order valence-electron chi connectivity index (χ3n) is 3.46. The van der Waals surface area contributed by atoms with Gasteiger partial charge in [-0.1, -0.05) is 0 Å². The van der Waals surface area contributed by atoms with Crippen molar-refractivity contribution in [3.05, 3.63) is 22.7 Å². The Morgan fingerprint density at radius 2 is 2.24 bits per heavy atom. The maximum absolute atomic E-state index is 13.7. The summed E-state index contributed by atoms with van der Waals surface area (Å²) < 4.78 is 33.6. The summed E-state index contributed by atoms with van der Waals surface area (Å²) >= 11 is 0. The lowest BCUT2D eigenvalue weighted by Crippen LogP contribution is -2.40. The summed E-state index contributed by atoms with van der Waals surface area (Å²) in [4.78, 5) is 15.0. The number of aliphatic hydroxyl groups excluding tert-OH is 2. The SMILES string of the molecule is Nc1ccn(CCCC2OC(CO)[C@@H](O)C2(F)F)c(=O)n1. The van der Waals surface area contributed by atoms with Crippen LogP contribution in [-0.4, -0.2) is 50.6 Å². The van der Waals surface area contributed by atoms with E-state index in [0.717, 1.165) is 0 Å². The highest BCUT2D eigenvalue weighted by Crippen LogP contribution is 2.38. The van der Waals surface area contributed by atoms with Crippen molar-refractivity contribution in [3.8, 4) is 0 Å². The Kier molecular flexibility index (Phi) is 4.55. The molecular formula is C12H17F2N3O4. The molecule has 4 N–H and O–H groups in total. The number of hydrogen-bond donors (Lipinski definition) is 3. The summed E-state index contributed by atoms with van der Waals surface area (Å²) in [5.41, 5.74) is 4.79. The monoisotopic (exact) mass is 305 g/mol. The maximum Gasteiger partial charge on any atom is 0.349 e. The number of halogens is 2. The topological polar surface area (TPSA) is 111 Å². The van der Waals surface area contributed by atoms with E-state index < -0.39 is 36.5 Å². The van der Waals surface area contributed by atoms with Crippen molar-refractivity contribution in [2.75, 3.05) is 12.3 Å². The first-order valence-electron chi connectivity index (χ1n) is 6.51. The molecule has 1 aliphatic rings. The van der Waals surface area contributed by atoms with Crippen LogP contribution in [0.25, 0.3) is 0 Å². The van der Waals surface area contributed by atoms with Crippen LogP contribution in [0.3, 0.4) is 0 Å². The second-order valence-electron chi connectivity index (χ2n) is 4.94. The molecule has 2 rings (SSSR count). The summed E-state index contributed by atoms with van der Waals surface area (Å²) in [6.07, 6.45) is -3.18. The van der Waals surface area contributed by atoms with E-state index in [-0.39, 0.29) is 25.2 Å². The molecular weight excluding hydrogens is 288 g/mol. The van der Waals surface area contributed by atoms with Crippen molar-refractivity contribution in [2.24, 2.45) is 0 Å². The molecule has 3 atom stereocenters. The molecule has 2 heterocycles. The van der Waals surface area contributed by atoms with Crippen molar-refractivity contribution in [1.82, 2.24) is 9.55 Å². The van der Waals surface area contributed by atoms with Gasteiger partial charge in [0.25, 0.3) is 0 Å². The number of aryl methyl sites for hydroxylation is 1. The van der Waals surface area contributed by atoms with E-state index in [0.29, 0.717) is 0 Å². The number of alkyl halides is 2. The number of rotatable bonds is 5. The fourth-order valence-corrected chi connectivity index (χ4v) is 2.28. The number of nitrogens with two attached hydrogens (primary N) is 1. The Labute approximate surface area is 119 Å². The van der Waals surface area contributed by atoms with Gasteiger partial charge in [0.1, 0.15) is 24.1 Å². The molecule has 21 heavy (non-hydrogen) atoms. The third-order valence-corrected chi connectivity index (χ3v) is 3.46. The van der Waals surface area contributed by atoms with E-state index in [2.05, 4.69) is 4.98 Å². The van der Waals surface area contributed by atoms with Crippen molar-refractivity contribution < 1.29 is 23.7 Å². The molecule has 1 aromatic rings. The van der Waals surface area contributed by atoms with Crippen LogP contribution in [-0.2, 0) is 11.3 Å². The summed E-state index contributed by atoms with van der Waals surface area (Å²) in [7, 11) is 0. The first-order valence-corrected chi connectivity index (χ1v) is 6.51. The van der Waals surface area contributed by atoms with Gasteiger partial charge >= 0.3 is 11.6 Å². The van der Waals surface area contributed by atoms with Gasteiger partial charge in [0.05, 0.1) is 6.61 Å². The predicted octanol–water partition coefficient (Wildman–Crippen LogP) is -0.638. The standard InChI is InChI=1S/C12H17F2N3O4/c13-12(14)8(21-7(6-18)10(12)19)2-1-4-17-5-3-9(15)16-11(17)20/h3,5,7-8,10,18-19H,1-2,4,6H2,(H2,15,16,20)/t7?,8?,10-/m1/s1. The van der Waals surface area contributed by atoms with Crippen LogP contribution >= 0.6 is 0 Å². The molecule has 1 aliphatic heterocycles. The molecule has 0 saturated carbocycles. The molecule has 0 aromatic carbocycles. The van der Waals surface area contributed by atoms with Crippen molar-refractivity contribution in [3.63, 3.8) is 0 Å². The van der Waals surface area contributed by atoms with E-state index in [9.17, 15) is 18.7 Å². The Morgan fingerprint density at radius 1 is 1.52 bits per heavy atom. The van der Waals surface area contributed by atoms with Gasteiger partial charge in [-0.3, -0.25) is 4.57 Å². The van der Waals surface area contributed by atoms with Crippen LogP contribution in [0, 0.1) is 0 Å². The Bertz CT molecular complexity index is 552. The van der Waals surface area contributed by atoms with Crippen LogP contribution in [0.15, 0.2) is 17.1 Å². The highest BCUT2D eigenvalue weighted by molar-refractivity contribution is 5.23. The van der Waals surface area contributed by atoms with Gasteiger partial charge in [0, 0.05) is 12.7 Å². The number of hydrogen-bond acceptors (Lipinski definition) is 6. The lowest BCUT2D eigenvalue weighted by Gasteiger charge is -2.19. The fraction of sp³-hybridized carbons (Fsp3) is 0.667. The summed E-state index contributed by atoms with van der Waals surface area (Å²) in [5.74, 6) is -3.33. The molecule has 7 nitrogen and oxygen atoms in total. The van der Waals surface area contributed by atoms with Crippen molar-refractivity contribution in [2.45, 2.75) is 43.6 Å². The number of anilines is 1. The number of nitrogens with zero attached hydrogens (tertiary/aromatic N) is 2. The minimum Gasteiger partial charge on any atom is -0.394 e. The summed E-state index contributed by atoms with van der Waals surface area (Å²) in [5, 5.41) is 18.2. The molecule has 0 radical (unpaired) electrons. The molecule has 9 heteroatoms. The van der Waals surface area contributed by atoms with Gasteiger partial charge in [-0.05, 0) is 18.9 Å². The van der Waals surface area contributed by atoms with E-state index in [1.165, 1.54) is 16.8 Å². The molecule has 0 bridgehead atoms. The zero-order chi connectivity index (χ0) is 15.6. The first-order chi connectivity index (χ1) is 9.86. The number of nitrogen functional groups attached to an aromatic ring is 1. The minimum atomic E-state index is -3.42. The van der Waals surface area contributed by atoms with Crippen LogP contribution in [0.1, 0.15) is 12.8 Å². The smallest absolute Gasteiger partial charge is 0.349 e. The molecule has 0 spiro atoms. The predicted molar refractivity (Wildman–Crippen MR) is 68.8 cm³/mol.